The van der Waals surface area contributed by atoms with Crippen LogP contribution in [0.2, 0.25) is 5.02 Å². The Morgan fingerprint density at radius 3 is 2.35 bits per heavy atom. The zero-order valence-corrected chi connectivity index (χ0v) is 19.5. The number of carbonyl (C=O) groups is 2. The largest absolute Gasteiger partial charge is 0.455 e. The van der Waals surface area contributed by atoms with Crippen LogP contribution in [0, 0.1) is 16.0 Å². The zero-order chi connectivity index (χ0) is 24.1. The molecule has 4 rings (SSSR count). The van der Waals surface area contributed by atoms with E-state index < -0.39 is 4.92 Å². The average Bonchev–Trinajstić information content (AvgIpc) is 2.87. The van der Waals surface area contributed by atoms with Crippen LogP contribution in [0.1, 0.15) is 12.8 Å². The van der Waals surface area contributed by atoms with Gasteiger partial charge in [0.25, 0.3) is 11.6 Å². The van der Waals surface area contributed by atoms with E-state index in [1.54, 1.807) is 23.1 Å². The maximum Gasteiger partial charge on any atom is 0.309 e. The number of hydrogen-bond acceptors (Lipinski definition) is 7. The summed E-state index contributed by atoms with van der Waals surface area (Å²) in [5.74, 6) is -0.893. The maximum atomic E-state index is 12.6. The first-order valence-electron chi connectivity index (χ1n) is 11.4. The SMILES string of the molecule is O=C(OCC(=O)N1CCN(c2cccc(Cl)c2)CC1)C1CCN(c2ccccc2[N+](=O)[O-])CC1. The van der Waals surface area contributed by atoms with E-state index >= 15 is 0 Å². The monoisotopic (exact) mass is 486 g/mol. The van der Waals surface area contributed by atoms with Crippen LogP contribution < -0.4 is 9.80 Å². The third-order valence-electron chi connectivity index (χ3n) is 6.39. The number of halogens is 1. The van der Waals surface area contributed by atoms with Gasteiger partial charge in [-0.2, -0.15) is 0 Å². The molecule has 0 aromatic heterocycles. The molecule has 2 fully saturated rings. The highest BCUT2D eigenvalue weighted by Crippen LogP contribution is 2.31. The van der Waals surface area contributed by atoms with Crippen LogP contribution in [0.4, 0.5) is 17.1 Å². The van der Waals surface area contributed by atoms with Crippen molar-refractivity contribution in [1.29, 1.82) is 0 Å². The lowest BCUT2D eigenvalue weighted by molar-refractivity contribution is -0.384. The van der Waals surface area contributed by atoms with Crippen molar-refractivity contribution >= 4 is 40.5 Å². The van der Waals surface area contributed by atoms with Gasteiger partial charge in [0.1, 0.15) is 5.69 Å². The summed E-state index contributed by atoms with van der Waals surface area (Å²) >= 11 is 6.07. The predicted molar refractivity (Wildman–Crippen MR) is 129 cm³/mol. The first-order chi connectivity index (χ1) is 16.4. The number of amides is 1. The molecule has 2 heterocycles. The van der Waals surface area contributed by atoms with Crippen LogP contribution in [0.25, 0.3) is 0 Å². The standard InChI is InChI=1S/C24H27ClN4O5/c25-19-4-3-5-20(16-19)26-12-14-28(15-13-26)23(30)17-34-24(31)18-8-10-27(11-9-18)21-6-1-2-7-22(21)29(32)33/h1-7,16,18H,8-15,17H2. The Morgan fingerprint density at radius 1 is 0.971 bits per heavy atom. The lowest BCUT2D eigenvalue weighted by Gasteiger charge is -2.36. The summed E-state index contributed by atoms with van der Waals surface area (Å²) in [5.41, 5.74) is 1.65. The normalized spacial score (nSPS) is 16.9. The van der Waals surface area contributed by atoms with Crippen molar-refractivity contribution in [3.8, 4) is 0 Å². The lowest BCUT2D eigenvalue weighted by atomic mass is 9.96. The molecule has 0 saturated carbocycles. The van der Waals surface area contributed by atoms with E-state index in [9.17, 15) is 19.7 Å². The van der Waals surface area contributed by atoms with Gasteiger partial charge in [-0.05, 0) is 37.1 Å². The first kappa shape index (κ1) is 23.8. The van der Waals surface area contributed by atoms with Gasteiger partial charge in [0, 0.05) is 56.0 Å². The Morgan fingerprint density at radius 2 is 1.68 bits per heavy atom. The molecule has 0 aliphatic carbocycles. The minimum absolute atomic E-state index is 0.0598. The van der Waals surface area contributed by atoms with Crippen molar-refractivity contribution in [1.82, 2.24) is 4.90 Å². The van der Waals surface area contributed by atoms with Gasteiger partial charge in [-0.25, -0.2) is 0 Å². The Hall–Kier alpha value is -3.33. The van der Waals surface area contributed by atoms with Crippen molar-refractivity contribution in [2.24, 2.45) is 5.92 Å². The molecule has 9 nitrogen and oxygen atoms in total. The molecular weight excluding hydrogens is 460 g/mol. The topological polar surface area (TPSA) is 96.2 Å². The number of rotatable bonds is 6. The van der Waals surface area contributed by atoms with Gasteiger partial charge in [-0.1, -0.05) is 29.8 Å². The Bertz CT molecular complexity index is 1050. The van der Waals surface area contributed by atoms with Crippen molar-refractivity contribution in [2.75, 3.05) is 55.7 Å². The van der Waals surface area contributed by atoms with Gasteiger partial charge in [0.05, 0.1) is 10.8 Å². The summed E-state index contributed by atoms with van der Waals surface area (Å²) in [5, 5.41) is 12.0. The molecular formula is C24H27ClN4O5. The fourth-order valence-electron chi connectivity index (χ4n) is 4.47. The highest BCUT2D eigenvalue weighted by Gasteiger charge is 2.30. The van der Waals surface area contributed by atoms with E-state index in [1.165, 1.54) is 6.07 Å². The first-order valence-corrected chi connectivity index (χ1v) is 11.7. The van der Waals surface area contributed by atoms with E-state index in [0.29, 0.717) is 62.8 Å². The van der Waals surface area contributed by atoms with E-state index in [4.69, 9.17) is 16.3 Å². The number of esters is 1. The molecule has 0 radical (unpaired) electrons. The Kier molecular flexibility index (Phi) is 7.52. The van der Waals surface area contributed by atoms with Crippen LogP contribution in [0.5, 0.6) is 0 Å². The van der Waals surface area contributed by atoms with Gasteiger partial charge in [-0.3, -0.25) is 19.7 Å². The van der Waals surface area contributed by atoms with Gasteiger partial charge >= 0.3 is 5.97 Å². The molecule has 0 N–H and O–H groups in total. The summed E-state index contributed by atoms with van der Waals surface area (Å²) in [7, 11) is 0. The minimum Gasteiger partial charge on any atom is -0.455 e. The lowest BCUT2D eigenvalue weighted by Crippen LogP contribution is -2.50. The second kappa shape index (κ2) is 10.7. The minimum atomic E-state index is -0.393. The molecule has 2 aromatic rings. The number of hydrogen-bond donors (Lipinski definition) is 0. The van der Waals surface area contributed by atoms with E-state index in [1.807, 2.05) is 29.2 Å². The molecule has 0 unspecified atom stereocenters. The van der Waals surface area contributed by atoms with Crippen LogP contribution >= 0.6 is 11.6 Å². The number of anilines is 2. The maximum absolute atomic E-state index is 12.6. The third-order valence-corrected chi connectivity index (χ3v) is 6.63. The number of benzene rings is 2. The fourth-order valence-corrected chi connectivity index (χ4v) is 4.66. The molecule has 0 atom stereocenters. The summed E-state index contributed by atoms with van der Waals surface area (Å²) in [6.45, 7) is 3.25. The number of nitro benzene ring substituents is 1. The number of para-hydroxylation sites is 2. The number of nitro groups is 1. The zero-order valence-electron chi connectivity index (χ0n) is 18.8. The van der Waals surface area contributed by atoms with E-state index in [2.05, 4.69) is 4.90 Å². The number of piperazine rings is 1. The molecule has 0 spiro atoms. The van der Waals surface area contributed by atoms with E-state index in [0.717, 1.165) is 5.69 Å². The van der Waals surface area contributed by atoms with Crippen molar-refractivity contribution in [3.05, 3.63) is 63.7 Å². The number of carbonyl (C=O) groups excluding carboxylic acids is 2. The summed E-state index contributed by atoms with van der Waals surface area (Å²) < 4.78 is 5.34. The van der Waals surface area contributed by atoms with Crippen LogP contribution in [0.3, 0.4) is 0 Å². The summed E-state index contributed by atoms with van der Waals surface area (Å²) in [6, 6.07) is 14.2. The van der Waals surface area contributed by atoms with Crippen LogP contribution in [-0.2, 0) is 14.3 Å². The van der Waals surface area contributed by atoms with Gasteiger partial charge in [0.2, 0.25) is 0 Å². The van der Waals surface area contributed by atoms with Crippen LogP contribution in [0.15, 0.2) is 48.5 Å². The highest BCUT2D eigenvalue weighted by atomic mass is 35.5. The fraction of sp³-hybridized carbons (Fsp3) is 0.417. The highest BCUT2D eigenvalue weighted by molar-refractivity contribution is 6.30. The molecule has 0 bridgehead atoms. The van der Waals surface area contributed by atoms with Crippen molar-refractivity contribution in [2.45, 2.75) is 12.8 Å². The van der Waals surface area contributed by atoms with Gasteiger partial charge < -0.3 is 19.4 Å². The van der Waals surface area contributed by atoms with E-state index in [-0.39, 0.29) is 30.1 Å². The molecule has 2 aromatic carbocycles. The molecule has 10 heteroatoms. The third kappa shape index (κ3) is 5.59. The smallest absolute Gasteiger partial charge is 0.309 e. The molecule has 2 aliphatic rings. The summed E-state index contributed by atoms with van der Waals surface area (Å²) in [6.07, 6.45) is 1.05. The average molecular weight is 487 g/mol. The molecule has 34 heavy (non-hydrogen) atoms. The van der Waals surface area contributed by atoms with Gasteiger partial charge in [-0.15, -0.1) is 0 Å². The van der Waals surface area contributed by atoms with Crippen LogP contribution in [-0.4, -0.2) is 67.6 Å². The van der Waals surface area contributed by atoms with Crippen molar-refractivity contribution in [3.63, 3.8) is 0 Å². The number of piperidine rings is 1. The molecule has 2 saturated heterocycles. The second-order valence-electron chi connectivity index (χ2n) is 8.46. The Balaban J connectivity index is 1.21. The number of ether oxygens (including phenoxy) is 1. The Labute approximate surface area is 203 Å². The summed E-state index contributed by atoms with van der Waals surface area (Å²) in [4.78, 5) is 41.8. The molecule has 180 valence electrons. The molecule has 2 aliphatic heterocycles. The number of nitrogens with zero attached hydrogens (tertiary/aromatic N) is 4. The van der Waals surface area contributed by atoms with Crippen molar-refractivity contribution < 1.29 is 19.2 Å². The van der Waals surface area contributed by atoms with Gasteiger partial charge in [0.15, 0.2) is 6.61 Å². The predicted octanol–water partition coefficient (Wildman–Crippen LogP) is 3.36. The quantitative estimate of drug-likeness (QED) is 0.351. The molecule has 1 amide bonds. The second-order valence-corrected chi connectivity index (χ2v) is 8.90.